The molecule has 28 heavy (non-hydrogen) atoms. The van der Waals surface area contributed by atoms with Gasteiger partial charge in [0.2, 0.25) is 0 Å². The van der Waals surface area contributed by atoms with E-state index in [1.54, 1.807) is 6.20 Å². The van der Waals surface area contributed by atoms with Crippen molar-refractivity contribution in [3.05, 3.63) is 75.8 Å². The van der Waals surface area contributed by atoms with Crippen molar-refractivity contribution in [3.63, 3.8) is 0 Å². The van der Waals surface area contributed by atoms with E-state index in [0.717, 1.165) is 31.5 Å². The van der Waals surface area contributed by atoms with Crippen molar-refractivity contribution in [1.29, 1.82) is 0 Å². The third-order valence-corrected chi connectivity index (χ3v) is 6.63. The molecule has 4 rings (SSSR count). The van der Waals surface area contributed by atoms with E-state index in [-0.39, 0.29) is 11.9 Å². The highest BCUT2D eigenvalue weighted by molar-refractivity contribution is 9.10. The highest BCUT2D eigenvalue weighted by Gasteiger charge is 2.20. The van der Waals surface area contributed by atoms with E-state index in [9.17, 15) is 4.79 Å². The zero-order valence-electron chi connectivity index (χ0n) is 15.0. The molecular formula is C21H19BrN4OS. The molecular weight excluding hydrogens is 436 g/mol. The van der Waals surface area contributed by atoms with Crippen LogP contribution in [0.2, 0.25) is 0 Å². The summed E-state index contributed by atoms with van der Waals surface area (Å²) in [6, 6.07) is 15.6. The highest BCUT2D eigenvalue weighted by Crippen LogP contribution is 2.39. The molecule has 3 heterocycles. The number of nitrogens with zero attached hydrogens (tertiary/aromatic N) is 1. The number of fused-ring (bicyclic) bond motifs is 1. The summed E-state index contributed by atoms with van der Waals surface area (Å²) < 4.78 is 0.895. The van der Waals surface area contributed by atoms with Gasteiger partial charge in [0.05, 0.1) is 15.8 Å². The Morgan fingerprint density at radius 2 is 2.07 bits per heavy atom. The molecule has 4 N–H and O–H groups in total. The number of halogens is 1. The number of carbonyl (C=O) groups is 1. The van der Waals surface area contributed by atoms with Crippen LogP contribution in [-0.4, -0.2) is 22.4 Å². The number of H-pyrrole nitrogens is 1. The predicted octanol–water partition coefficient (Wildman–Crippen LogP) is 4.87. The molecule has 4 aromatic rings. The van der Waals surface area contributed by atoms with Gasteiger partial charge in [-0.25, -0.2) is 4.98 Å². The van der Waals surface area contributed by atoms with E-state index in [0.29, 0.717) is 17.8 Å². The van der Waals surface area contributed by atoms with Crippen LogP contribution in [0.3, 0.4) is 0 Å². The van der Waals surface area contributed by atoms with Gasteiger partial charge in [-0.2, -0.15) is 0 Å². The number of rotatable bonds is 6. The van der Waals surface area contributed by atoms with Crippen molar-refractivity contribution in [1.82, 2.24) is 15.3 Å². The van der Waals surface area contributed by atoms with Gasteiger partial charge >= 0.3 is 0 Å². The molecule has 0 bridgehead atoms. The van der Waals surface area contributed by atoms with Crippen LogP contribution in [0.15, 0.2) is 65.4 Å². The van der Waals surface area contributed by atoms with Crippen LogP contribution in [0.5, 0.6) is 0 Å². The number of thiophene rings is 1. The normalized spacial score (nSPS) is 12.2. The molecule has 1 amide bonds. The number of aromatic amines is 1. The average molecular weight is 455 g/mol. The smallest absolute Gasteiger partial charge is 0.261 e. The fourth-order valence-electron chi connectivity index (χ4n) is 3.23. The molecule has 0 aliphatic heterocycles. The lowest BCUT2D eigenvalue weighted by Crippen LogP contribution is -2.29. The van der Waals surface area contributed by atoms with E-state index in [2.05, 4.69) is 31.2 Å². The second-order valence-electron chi connectivity index (χ2n) is 6.40. The first-order chi connectivity index (χ1) is 13.7. The van der Waals surface area contributed by atoms with Crippen molar-refractivity contribution in [3.8, 4) is 10.4 Å². The fourth-order valence-corrected chi connectivity index (χ4v) is 5.06. The Kier molecular flexibility index (Phi) is 5.57. The molecule has 5 nitrogen and oxygen atoms in total. The second kappa shape index (κ2) is 8.26. The van der Waals surface area contributed by atoms with Crippen LogP contribution in [0.4, 0.5) is 0 Å². The summed E-state index contributed by atoms with van der Waals surface area (Å²) in [5.41, 5.74) is 8.69. The van der Waals surface area contributed by atoms with Gasteiger partial charge in [0.25, 0.3) is 5.91 Å². The van der Waals surface area contributed by atoms with Crippen LogP contribution < -0.4 is 11.1 Å². The third-order valence-electron chi connectivity index (χ3n) is 4.58. The minimum Gasteiger partial charge on any atom is -0.346 e. The number of carbonyl (C=O) groups excluding carboxylic acids is 1. The summed E-state index contributed by atoms with van der Waals surface area (Å²) in [5.74, 6) is -0.0985. The zero-order valence-corrected chi connectivity index (χ0v) is 17.4. The van der Waals surface area contributed by atoms with E-state index in [1.165, 1.54) is 11.3 Å². The molecule has 1 atom stereocenters. The van der Waals surface area contributed by atoms with Crippen LogP contribution in [-0.2, 0) is 0 Å². The molecule has 0 aliphatic rings. The first kappa shape index (κ1) is 18.9. The Labute approximate surface area is 175 Å². The fraction of sp³-hybridized carbons (Fsp3) is 0.143. The Balaban J connectivity index is 1.62. The maximum atomic E-state index is 12.9. The van der Waals surface area contributed by atoms with E-state index < -0.39 is 0 Å². The maximum Gasteiger partial charge on any atom is 0.261 e. The number of aromatic nitrogens is 2. The Bertz CT molecular complexity index is 1110. The van der Waals surface area contributed by atoms with Gasteiger partial charge in [-0.3, -0.25) is 4.79 Å². The number of hydrogen-bond donors (Lipinski definition) is 3. The SMILES string of the molecule is NCCC(NC(=O)c1cc(Br)c(-c2ccnc3[nH]ccc23)s1)c1ccccc1. The van der Waals surface area contributed by atoms with Crippen LogP contribution in [0.25, 0.3) is 21.5 Å². The number of pyridine rings is 1. The molecule has 0 saturated heterocycles. The molecule has 0 saturated carbocycles. The van der Waals surface area contributed by atoms with Gasteiger partial charge in [-0.05, 0) is 52.7 Å². The van der Waals surface area contributed by atoms with E-state index >= 15 is 0 Å². The number of nitrogens with one attached hydrogen (secondary N) is 2. The maximum absolute atomic E-state index is 12.9. The minimum absolute atomic E-state index is 0.0985. The van der Waals surface area contributed by atoms with Gasteiger partial charge < -0.3 is 16.0 Å². The monoisotopic (exact) mass is 454 g/mol. The van der Waals surface area contributed by atoms with Crippen molar-refractivity contribution in [2.45, 2.75) is 12.5 Å². The van der Waals surface area contributed by atoms with Gasteiger partial charge in [0, 0.05) is 27.8 Å². The molecule has 3 aromatic heterocycles. The van der Waals surface area contributed by atoms with Crippen molar-refractivity contribution in [2.75, 3.05) is 6.54 Å². The summed E-state index contributed by atoms with van der Waals surface area (Å²) in [6.45, 7) is 0.502. The lowest BCUT2D eigenvalue weighted by Gasteiger charge is -2.18. The molecule has 1 aromatic carbocycles. The van der Waals surface area contributed by atoms with Gasteiger partial charge in [-0.1, -0.05) is 30.3 Å². The summed E-state index contributed by atoms with van der Waals surface area (Å²) in [6.07, 6.45) is 4.32. The lowest BCUT2D eigenvalue weighted by atomic mass is 10.0. The number of amides is 1. The summed E-state index contributed by atoms with van der Waals surface area (Å²) in [7, 11) is 0. The largest absolute Gasteiger partial charge is 0.346 e. The van der Waals surface area contributed by atoms with Crippen molar-refractivity contribution >= 4 is 44.2 Å². The van der Waals surface area contributed by atoms with Crippen LogP contribution in [0, 0.1) is 0 Å². The predicted molar refractivity (Wildman–Crippen MR) is 117 cm³/mol. The lowest BCUT2D eigenvalue weighted by molar-refractivity contribution is 0.0939. The Morgan fingerprint density at radius 3 is 2.86 bits per heavy atom. The Morgan fingerprint density at radius 1 is 1.25 bits per heavy atom. The molecule has 7 heteroatoms. The molecule has 0 spiro atoms. The van der Waals surface area contributed by atoms with Gasteiger partial charge in [0.1, 0.15) is 5.65 Å². The summed E-state index contributed by atoms with van der Waals surface area (Å²) in [5, 5.41) is 4.16. The number of hydrogen-bond acceptors (Lipinski definition) is 4. The molecule has 0 fully saturated rings. The van der Waals surface area contributed by atoms with E-state index in [1.807, 2.05) is 54.7 Å². The Hall–Kier alpha value is -2.48. The quantitative estimate of drug-likeness (QED) is 0.388. The molecule has 1 unspecified atom stereocenters. The third kappa shape index (κ3) is 3.73. The topological polar surface area (TPSA) is 83.8 Å². The zero-order chi connectivity index (χ0) is 19.5. The average Bonchev–Trinajstić information content (AvgIpc) is 3.34. The van der Waals surface area contributed by atoms with Gasteiger partial charge in [0.15, 0.2) is 0 Å². The standard InChI is InChI=1S/C21H19BrN4OS/c22-16-12-18(21(27)26-17(6-9-23)13-4-2-1-3-5-13)28-19(16)14-7-10-24-20-15(14)8-11-25-20/h1-5,7-8,10-12,17H,6,9,23H2,(H,24,25)(H,26,27). The van der Waals surface area contributed by atoms with Crippen molar-refractivity contribution < 1.29 is 4.79 Å². The van der Waals surface area contributed by atoms with Crippen molar-refractivity contribution in [2.24, 2.45) is 5.73 Å². The highest BCUT2D eigenvalue weighted by atomic mass is 79.9. The number of nitrogens with two attached hydrogens (primary N) is 1. The molecule has 0 aliphatic carbocycles. The number of benzene rings is 1. The minimum atomic E-state index is -0.111. The van der Waals surface area contributed by atoms with E-state index in [4.69, 9.17) is 5.73 Å². The molecule has 0 radical (unpaired) electrons. The first-order valence-electron chi connectivity index (χ1n) is 8.95. The molecule has 142 valence electrons. The first-order valence-corrected chi connectivity index (χ1v) is 10.6. The van der Waals surface area contributed by atoms with Crippen LogP contribution in [0.1, 0.15) is 27.7 Å². The summed E-state index contributed by atoms with van der Waals surface area (Å²) >= 11 is 5.08. The second-order valence-corrected chi connectivity index (χ2v) is 8.31. The van der Waals surface area contributed by atoms with Crippen LogP contribution >= 0.6 is 27.3 Å². The summed E-state index contributed by atoms with van der Waals surface area (Å²) in [4.78, 5) is 22.1. The van der Waals surface area contributed by atoms with Gasteiger partial charge in [-0.15, -0.1) is 11.3 Å².